The molecule has 1 saturated carbocycles. The maximum absolute atomic E-state index is 13.6. The highest BCUT2D eigenvalue weighted by Gasteiger charge is 2.30. The van der Waals surface area contributed by atoms with E-state index < -0.39 is 12.8 Å². The number of rotatable bonds is 8. The van der Waals surface area contributed by atoms with Crippen LogP contribution in [-0.2, 0) is 4.79 Å². The van der Waals surface area contributed by atoms with Crippen LogP contribution in [0.25, 0.3) is 10.9 Å². The van der Waals surface area contributed by atoms with Crippen LogP contribution in [0.5, 0.6) is 5.75 Å². The van der Waals surface area contributed by atoms with E-state index in [0.717, 1.165) is 70.3 Å². The molecular formula is C29H35F3N4O2. The fourth-order valence-corrected chi connectivity index (χ4v) is 5.62. The van der Waals surface area contributed by atoms with Crippen LogP contribution in [0.4, 0.5) is 24.5 Å². The molecular weight excluding hydrogens is 493 g/mol. The molecule has 1 aliphatic carbocycles. The van der Waals surface area contributed by atoms with E-state index in [4.69, 9.17) is 4.74 Å². The van der Waals surface area contributed by atoms with Crippen molar-refractivity contribution in [3.8, 4) is 5.75 Å². The fraction of sp³-hybridized carbons (Fsp3) is 0.483. The summed E-state index contributed by atoms with van der Waals surface area (Å²) in [6.45, 7) is 3.57. The van der Waals surface area contributed by atoms with Gasteiger partial charge >= 0.3 is 6.18 Å². The van der Waals surface area contributed by atoms with Crippen LogP contribution in [0, 0.1) is 5.92 Å². The molecule has 0 spiro atoms. The van der Waals surface area contributed by atoms with E-state index in [1.54, 1.807) is 12.1 Å². The number of hydrogen-bond donors (Lipinski definition) is 1. The number of hydrogen-bond acceptors (Lipinski definition) is 4. The van der Waals surface area contributed by atoms with E-state index in [1.165, 1.54) is 23.2 Å². The van der Waals surface area contributed by atoms with Gasteiger partial charge in [0.25, 0.3) is 0 Å². The number of amides is 1. The average molecular weight is 529 g/mol. The number of piperazine rings is 1. The molecule has 1 aromatic heterocycles. The van der Waals surface area contributed by atoms with E-state index in [1.807, 2.05) is 11.1 Å². The summed E-state index contributed by atoms with van der Waals surface area (Å²) in [5.41, 5.74) is 3.08. The number of nitrogens with zero attached hydrogens (tertiary/aromatic N) is 3. The molecule has 2 aliphatic rings. The van der Waals surface area contributed by atoms with E-state index in [-0.39, 0.29) is 17.6 Å². The lowest BCUT2D eigenvalue weighted by Crippen LogP contribution is -2.49. The third-order valence-corrected chi connectivity index (χ3v) is 7.70. The van der Waals surface area contributed by atoms with Crippen LogP contribution in [-0.4, -0.2) is 67.8 Å². The molecule has 2 fully saturated rings. The zero-order chi connectivity index (χ0) is 26.5. The minimum atomic E-state index is -4.39. The maximum Gasteiger partial charge on any atom is 0.422 e. The van der Waals surface area contributed by atoms with Crippen molar-refractivity contribution in [3.05, 3.63) is 54.7 Å². The lowest BCUT2D eigenvalue weighted by atomic mass is 9.88. The monoisotopic (exact) mass is 528 g/mol. The van der Waals surface area contributed by atoms with Crippen molar-refractivity contribution in [2.24, 2.45) is 5.92 Å². The van der Waals surface area contributed by atoms with Crippen LogP contribution in [0.3, 0.4) is 0 Å². The summed E-state index contributed by atoms with van der Waals surface area (Å²) in [6, 6.07) is 14.9. The van der Waals surface area contributed by atoms with Gasteiger partial charge in [0.2, 0.25) is 5.91 Å². The number of benzene rings is 2. The van der Waals surface area contributed by atoms with Gasteiger partial charge in [-0.2, -0.15) is 13.2 Å². The van der Waals surface area contributed by atoms with Crippen LogP contribution in [0.2, 0.25) is 0 Å². The predicted molar refractivity (Wildman–Crippen MR) is 144 cm³/mol. The molecule has 1 saturated heterocycles. The number of ether oxygens (including phenoxy) is 1. The summed E-state index contributed by atoms with van der Waals surface area (Å²) in [6.07, 6.45) is 2.65. The van der Waals surface area contributed by atoms with Gasteiger partial charge in [-0.05, 0) is 55.3 Å². The summed E-state index contributed by atoms with van der Waals surface area (Å²) >= 11 is 0. The zero-order valence-corrected chi connectivity index (χ0v) is 21.6. The molecule has 6 nitrogen and oxygen atoms in total. The second-order valence-electron chi connectivity index (χ2n) is 10.3. The Morgan fingerprint density at radius 3 is 2.42 bits per heavy atom. The highest BCUT2D eigenvalue weighted by Crippen LogP contribution is 2.30. The van der Waals surface area contributed by atoms with E-state index >= 15 is 0 Å². The number of halogens is 3. The van der Waals surface area contributed by atoms with Gasteiger partial charge in [-0.1, -0.05) is 25.3 Å². The minimum Gasteiger partial charge on any atom is -0.484 e. The fourth-order valence-electron chi connectivity index (χ4n) is 5.62. The Bertz CT molecular complexity index is 1200. The number of aromatic nitrogens is 1. The second-order valence-corrected chi connectivity index (χ2v) is 10.3. The van der Waals surface area contributed by atoms with Crippen LogP contribution in [0.15, 0.2) is 54.7 Å². The number of nitrogens with one attached hydrogen (secondary N) is 1. The van der Waals surface area contributed by atoms with Gasteiger partial charge in [0.15, 0.2) is 6.61 Å². The maximum atomic E-state index is 13.6. The topological polar surface area (TPSA) is 51.8 Å². The molecule has 3 aromatic rings. The Kier molecular flexibility index (Phi) is 8.12. The molecule has 204 valence electrons. The standard InChI is InChI=1S/C29H35F3N4O2/c30-29(31,32)21-38-24-11-9-23(10-12-24)36(28(37)22-5-2-1-3-6-22)20-17-34-15-18-35(19-16-34)27-8-4-7-26-25(27)13-14-33-26/h4,7-14,22,33H,1-3,5-6,15-21H2. The molecule has 0 bridgehead atoms. The first kappa shape index (κ1) is 26.4. The first-order chi connectivity index (χ1) is 18.4. The van der Waals surface area contributed by atoms with Crippen molar-refractivity contribution in [3.63, 3.8) is 0 Å². The molecule has 1 amide bonds. The number of alkyl halides is 3. The molecule has 5 rings (SSSR count). The Hall–Kier alpha value is -3.20. The number of anilines is 2. The van der Waals surface area contributed by atoms with E-state index in [2.05, 4.69) is 39.0 Å². The van der Waals surface area contributed by atoms with Gasteiger partial charge in [-0.3, -0.25) is 9.69 Å². The summed E-state index contributed by atoms with van der Waals surface area (Å²) < 4.78 is 42.4. The molecule has 1 N–H and O–H groups in total. The molecule has 1 aliphatic heterocycles. The minimum absolute atomic E-state index is 0.00333. The van der Waals surface area contributed by atoms with E-state index in [0.29, 0.717) is 12.2 Å². The van der Waals surface area contributed by atoms with Crippen molar-refractivity contribution in [1.82, 2.24) is 9.88 Å². The van der Waals surface area contributed by atoms with Crippen LogP contribution < -0.4 is 14.5 Å². The lowest BCUT2D eigenvalue weighted by Gasteiger charge is -2.38. The summed E-state index contributed by atoms with van der Waals surface area (Å²) in [5.74, 6) is 0.264. The second kappa shape index (κ2) is 11.7. The van der Waals surface area contributed by atoms with Crippen molar-refractivity contribution < 1.29 is 22.7 Å². The summed E-state index contributed by atoms with van der Waals surface area (Å²) in [4.78, 5) is 23.5. The number of carbonyl (C=O) groups is 1. The van der Waals surface area contributed by atoms with Crippen LogP contribution >= 0.6 is 0 Å². The Balaban J connectivity index is 1.22. The third kappa shape index (κ3) is 6.43. The highest BCUT2D eigenvalue weighted by molar-refractivity contribution is 5.95. The van der Waals surface area contributed by atoms with Gasteiger partial charge in [0.05, 0.1) is 0 Å². The van der Waals surface area contributed by atoms with Crippen molar-refractivity contribution in [1.29, 1.82) is 0 Å². The van der Waals surface area contributed by atoms with Gasteiger partial charge in [-0.15, -0.1) is 0 Å². The zero-order valence-electron chi connectivity index (χ0n) is 21.6. The van der Waals surface area contributed by atoms with Gasteiger partial charge in [0, 0.05) is 73.7 Å². The number of carbonyl (C=O) groups excluding carboxylic acids is 1. The highest BCUT2D eigenvalue weighted by atomic mass is 19.4. The van der Waals surface area contributed by atoms with E-state index in [9.17, 15) is 18.0 Å². The molecule has 0 atom stereocenters. The lowest BCUT2D eigenvalue weighted by molar-refractivity contribution is -0.153. The third-order valence-electron chi connectivity index (χ3n) is 7.70. The number of aromatic amines is 1. The van der Waals surface area contributed by atoms with Gasteiger partial charge in [-0.25, -0.2) is 0 Å². The number of H-pyrrole nitrogens is 1. The Morgan fingerprint density at radius 2 is 1.71 bits per heavy atom. The first-order valence-electron chi connectivity index (χ1n) is 13.5. The molecule has 2 heterocycles. The van der Waals surface area contributed by atoms with Gasteiger partial charge < -0.3 is 19.5 Å². The quantitative estimate of drug-likeness (QED) is 0.399. The molecule has 0 unspecified atom stereocenters. The van der Waals surface area contributed by atoms with Crippen molar-refractivity contribution >= 4 is 28.2 Å². The average Bonchev–Trinajstić information content (AvgIpc) is 3.42. The Morgan fingerprint density at radius 1 is 0.974 bits per heavy atom. The summed E-state index contributed by atoms with van der Waals surface area (Å²) in [7, 11) is 0. The molecule has 0 radical (unpaired) electrons. The Labute approximate surface area is 221 Å². The molecule has 9 heteroatoms. The number of fused-ring (bicyclic) bond motifs is 1. The van der Waals surface area contributed by atoms with Gasteiger partial charge in [0.1, 0.15) is 5.75 Å². The first-order valence-corrected chi connectivity index (χ1v) is 13.5. The van der Waals surface area contributed by atoms with Crippen molar-refractivity contribution in [2.75, 3.05) is 55.7 Å². The largest absolute Gasteiger partial charge is 0.484 e. The molecule has 38 heavy (non-hydrogen) atoms. The predicted octanol–water partition coefficient (Wildman–Crippen LogP) is 5.84. The summed E-state index contributed by atoms with van der Waals surface area (Å²) in [5, 5.41) is 1.23. The normalized spacial score (nSPS) is 17.6. The van der Waals surface area contributed by atoms with Crippen LogP contribution in [0.1, 0.15) is 32.1 Å². The SMILES string of the molecule is O=C(C1CCCCC1)N(CCN1CCN(c2cccc3[nH]ccc23)CC1)c1ccc(OCC(F)(F)F)cc1. The smallest absolute Gasteiger partial charge is 0.422 e. The van der Waals surface area contributed by atoms with Crippen molar-refractivity contribution in [2.45, 2.75) is 38.3 Å². The molecule has 2 aromatic carbocycles.